The number of ether oxygens (including phenoxy) is 2. The number of aliphatic hydroxyl groups excluding tert-OH is 1. The number of rotatable bonds is 9. The predicted octanol–water partition coefficient (Wildman–Crippen LogP) is 5.79. The summed E-state index contributed by atoms with van der Waals surface area (Å²) in [5, 5.41) is 46.7. The monoisotopic (exact) mass is 601 g/mol. The molecule has 2 heterocycles. The first-order chi connectivity index (χ1) is 21.4. The minimum atomic E-state index is -0.549. The molecule has 8 nitrogen and oxygen atoms in total. The fraction of sp³-hybridized carbons (Fsp3) is 0.500. The summed E-state index contributed by atoms with van der Waals surface area (Å²) < 4.78 is 12.3. The lowest BCUT2D eigenvalue weighted by atomic mass is 9.71. The number of fused-ring (bicyclic) bond motifs is 1. The number of aliphatic hydroxyl groups is 1. The van der Waals surface area contributed by atoms with Crippen LogP contribution in [-0.4, -0.2) is 53.3 Å². The van der Waals surface area contributed by atoms with Crippen LogP contribution in [0.4, 0.5) is 0 Å². The van der Waals surface area contributed by atoms with Gasteiger partial charge in [-0.1, -0.05) is 35.9 Å². The van der Waals surface area contributed by atoms with Crippen LogP contribution in [-0.2, 0) is 11.2 Å². The van der Waals surface area contributed by atoms with Crippen LogP contribution < -0.4 is 15.0 Å². The van der Waals surface area contributed by atoms with Gasteiger partial charge in [-0.2, -0.15) is 12.4 Å². The molecule has 0 spiro atoms. The first-order valence-electron chi connectivity index (χ1n) is 16.0. The third-order valence-electron chi connectivity index (χ3n) is 10.2. The van der Waals surface area contributed by atoms with E-state index in [9.17, 15) is 20.4 Å². The summed E-state index contributed by atoms with van der Waals surface area (Å²) >= 11 is 0. The van der Waals surface area contributed by atoms with E-state index in [0.717, 1.165) is 61.8 Å². The van der Waals surface area contributed by atoms with Crippen molar-refractivity contribution in [2.24, 2.45) is 11.8 Å². The van der Waals surface area contributed by atoms with Gasteiger partial charge < -0.3 is 40.2 Å². The number of nitrogens with zero attached hydrogens (tertiary/aromatic N) is 1. The molecular weight excluding hydrogens is 556 g/mol. The van der Waals surface area contributed by atoms with Crippen LogP contribution in [0, 0.1) is 11.8 Å². The van der Waals surface area contributed by atoms with E-state index in [2.05, 4.69) is 28.5 Å². The predicted molar refractivity (Wildman–Crippen MR) is 168 cm³/mol. The molecule has 236 valence electrons. The minimum absolute atomic E-state index is 0.0311. The molecule has 2 fully saturated rings. The zero-order valence-corrected chi connectivity index (χ0v) is 25.7. The van der Waals surface area contributed by atoms with Crippen molar-refractivity contribution in [1.29, 1.82) is 0 Å². The van der Waals surface area contributed by atoms with Crippen LogP contribution in [0.5, 0.6) is 23.0 Å². The third kappa shape index (κ3) is 6.21. The van der Waals surface area contributed by atoms with E-state index in [1.807, 2.05) is 25.2 Å². The smallest absolute Gasteiger partial charge is 0.200 e. The lowest BCUT2D eigenvalue weighted by Gasteiger charge is -2.45. The molecule has 3 aliphatic rings. The van der Waals surface area contributed by atoms with E-state index < -0.39 is 12.2 Å². The first kappa shape index (κ1) is 30.6. The maximum atomic E-state index is 11.3. The van der Waals surface area contributed by atoms with Crippen molar-refractivity contribution >= 4 is 0 Å². The lowest BCUT2D eigenvalue weighted by molar-refractivity contribution is -0.154. The van der Waals surface area contributed by atoms with Gasteiger partial charge >= 0.3 is 0 Å². The molecule has 7 atom stereocenters. The number of aromatic nitrogens is 1. The summed E-state index contributed by atoms with van der Waals surface area (Å²) in [6, 6.07) is 9.54. The number of allylic oxidation sites excluding steroid dienone is 2. The average molecular weight is 602 g/mol. The van der Waals surface area contributed by atoms with Gasteiger partial charge in [0.1, 0.15) is 5.75 Å². The highest BCUT2D eigenvalue weighted by atomic mass is 16.5. The van der Waals surface area contributed by atoms with Crippen molar-refractivity contribution in [3.8, 4) is 23.0 Å². The van der Waals surface area contributed by atoms with Crippen molar-refractivity contribution in [3.05, 3.63) is 82.7 Å². The highest BCUT2D eigenvalue weighted by Crippen LogP contribution is 2.50. The quantitative estimate of drug-likeness (QED) is 0.154. The van der Waals surface area contributed by atoms with Gasteiger partial charge in [-0.05, 0) is 93.6 Å². The molecular formula is C36H45N2O6-. The van der Waals surface area contributed by atoms with Crippen molar-refractivity contribution in [2.45, 2.75) is 81.5 Å². The van der Waals surface area contributed by atoms with E-state index >= 15 is 0 Å². The zero-order chi connectivity index (χ0) is 30.8. The number of phenolic OH excluding ortho intramolecular Hbond substituents is 3. The summed E-state index contributed by atoms with van der Waals surface area (Å²) in [5.74, 6) is 1.06. The number of hydrogen-bond acceptors (Lipinski definition) is 7. The normalized spacial score (nSPS) is 28.5. The summed E-state index contributed by atoms with van der Waals surface area (Å²) in [5.41, 5.74) is 4.58. The second-order valence-electron chi connectivity index (χ2n) is 12.9. The van der Waals surface area contributed by atoms with Crippen molar-refractivity contribution in [1.82, 2.24) is 10.3 Å². The second kappa shape index (κ2) is 13.3. The van der Waals surface area contributed by atoms with E-state index in [1.165, 1.54) is 12.7 Å². The molecule has 2 aromatic carbocycles. The lowest BCUT2D eigenvalue weighted by Crippen LogP contribution is -2.44. The number of methoxy groups -OCH3 is 1. The highest BCUT2D eigenvalue weighted by molar-refractivity contribution is 5.59. The van der Waals surface area contributed by atoms with Gasteiger partial charge in [0.15, 0.2) is 11.5 Å². The molecule has 5 N–H and O–H groups in total. The minimum Gasteiger partial charge on any atom is -0.670 e. The number of phenols is 3. The summed E-state index contributed by atoms with van der Waals surface area (Å²) in [7, 11) is 3.46. The van der Waals surface area contributed by atoms with Gasteiger partial charge in [0.25, 0.3) is 0 Å². The van der Waals surface area contributed by atoms with Crippen molar-refractivity contribution < 1.29 is 29.9 Å². The summed E-state index contributed by atoms with van der Waals surface area (Å²) in [6.07, 6.45) is 13.5. The SMILES string of the molecule is CNCCC1CC=CC(c2cc(C3CCC4C(O)CC(c5cc(O)c(O)c(OC)c5Cc5cc[n-]c5)OC4C3)ccc2O)C1. The van der Waals surface area contributed by atoms with Gasteiger partial charge in [-0.25, -0.2) is 0 Å². The number of benzene rings is 2. The molecule has 6 rings (SSSR count). The Morgan fingerprint density at radius 2 is 1.89 bits per heavy atom. The van der Waals surface area contributed by atoms with Crippen LogP contribution in [0.3, 0.4) is 0 Å². The Morgan fingerprint density at radius 3 is 2.66 bits per heavy atom. The Labute approximate surface area is 259 Å². The molecule has 3 aromatic rings. The summed E-state index contributed by atoms with van der Waals surface area (Å²) in [4.78, 5) is 4.17. The number of nitrogens with one attached hydrogen (secondary N) is 1. The fourth-order valence-corrected chi connectivity index (χ4v) is 7.83. The van der Waals surface area contributed by atoms with Gasteiger partial charge in [-0.15, -0.1) is 0 Å². The maximum Gasteiger partial charge on any atom is 0.200 e. The summed E-state index contributed by atoms with van der Waals surface area (Å²) in [6.45, 7) is 0.998. The molecule has 1 saturated heterocycles. The molecule has 44 heavy (non-hydrogen) atoms. The van der Waals surface area contributed by atoms with Gasteiger partial charge in [0.2, 0.25) is 5.75 Å². The molecule has 7 unspecified atom stereocenters. The van der Waals surface area contributed by atoms with Gasteiger partial charge in [-0.3, -0.25) is 0 Å². The second-order valence-corrected chi connectivity index (χ2v) is 12.9. The van der Waals surface area contributed by atoms with Crippen LogP contribution in [0.1, 0.15) is 90.7 Å². The molecule has 8 heteroatoms. The molecule has 1 aliphatic heterocycles. The molecule has 0 radical (unpaired) electrons. The van der Waals surface area contributed by atoms with Crippen LogP contribution in [0.25, 0.3) is 0 Å². The van der Waals surface area contributed by atoms with Crippen LogP contribution >= 0.6 is 0 Å². The Hall–Kier alpha value is -3.46. The Balaban J connectivity index is 1.24. The van der Waals surface area contributed by atoms with E-state index in [1.54, 1.807) is 18.5 Å². The van der Waals surface area contributed by atoms with Gasteiger partial charge in [0, 0.05) is 29.4 Å². The standard InChI is InChI=1S/C36H45N2O6/c1-37-12-10-21-4-3-5-25(14-21)27-16-23(7-9-30(27)39)24-6-8-26-31(40)19-34(44-33(26)17-24)28-18-32(41)35(42)36(43-2)29(28)15-22-11-13-38-20-22/h3,5,7,9,11,13,16,18,20-21,24-26,31,33-34,37,39-42H,4,6,8,10,12,14-15,17,19H2,1-2H3/q-1. The Kier molecular flexibility index (Phi) is 9.21. The van der Waals surface area contributed by atoms with Gasteiger partial charge in [0.05, 0.1) is 25.4 Å². The van der Waals surface area contributed by atoms with E-state index in [-0.39, 0.29) is 41.1 Å². The van der Waals surface area contributed by atoms with Crippen molar-refractivity contribution in [2.75, 3.05) is 20.7 Å². The van der Waals surface area contributed by atoms with E-state index in [4.69, 9.17) is 9.47 Å². The van der Waals surface area contributed by atoms with E-state index in [0.29, 0.717) is 30.1 Å². The fourth-order valence-electron chi connectivity index (χ4n) is 7.83. The first-order valence-corrected chi connectivity index (χ1v) is 16.0. The third-order valence-corrected chi connectivity index (χ3v) is 10.2. The van der Waals surface area contributed by atoms with Crippen LogP contribution in [0.15, 0.2) is 54.9 Å². The number of hydrogen-bond donors (Lipinski definition) is 5. The molecule has 1 aromatic heterocycles. The number of aromatic hydroxyl groups is 3. The Bertz CT molecular complexity index is 1450. The zero-order valence-electron chi connectivity index (χ0n) is 25.7. The molecule has 2 aliphatic carbocycles. The topological polar surface area (TPSA) is 126 Å². The highest BCUT2D eigenvalue weighted by Gasteiger charge is 2.43. The molecule has 0 amide bonds. The average Bonchev–Trinajstić information content (AvgIpc) is 3.55. The molecule has 0 bridgehead atoms. The largest absolute Gasteiger partial charge is 0.670 e. The maximum absolute atomic E-state index is 11.3. The van der Waals surface area contributed by atoms with Crippen molar-refractivity contribution in [3.63, 3.8) is 0 Å². The molecule has 1 saturated carbocycles. The Morgan fingerprint density at radius 1 is 1.02 bits per heavy atom. The van der Waals surface area contributed by atoms with Crippen LogP contribution in [0.2, 0.25) is 0 Å².